The Labute approximate surface area is 137 Å². The Balaban J connectivity index is 1.94. The highest BCUT2D eigenvalue weighted by Gasteiger charge is 2.11. The molecule has 23 heavy (non-hydrogen) atoms. The molecule has 0 bridgehead atoms. The van der Waals surface area contributed by atoms with Crippen molar-refractivity contribution in [2.24, 2.45) is 0 Å². The molecule has 1 aromatic heterocycles. The molecule has 5 heteroatoms. The van der Waals surface area contributed by atoms with Crippen LogP contribution in [-0.2, 0) is 0 Å². The number of rotatable bonds is 3. The summed E-state index contributed by atoms with van der Waals surface area (Å²) in [6.45, 7) is 0. The van der Waals surface area contributed by atoms with E-state index in [2.05, 4.69) is 10.3 Å². The Hall–Kier alpha value is -2.85. The average Bonchev–Trinajstić information content (AvgIpc) is 2.55. The lowest BCUT2D eigenvalue weighted by molar-refractivity contribution is 0.102. The molecule has 3 aromatic rings. The van der Waals surface area contributed by atoms with Gasteiger partial charge in [0, 0.05) is 22.9 Å². The van der Waals surface area contributed by atoms with Crippen molar-refractivity contribution in [1.29, 1.82) is 0 Å². The second-order valence-electron chi connectivity index (χ2n) is 4.95. The Morgan fingerprint density at radius 2 is 1.65 bits per heavy atom. The summed E-state index contributed by atoms with van der Waals surface area (Å²) in [5.74, 6) is -0.388. The number of amides is 1. The Kier molecular flexibility index (Phi) is 4.26. The predicted molar refractivity (Wildman–Crippen MR) is 91.9 cm³/mol. The van der Waals surface area contributed by atoms with Crippen molar-refractivity contribution in [2.75, 3.05) is 5.32 Å². The highest BCUT2D eigenvalue weighted by Crippen LogP contribution is 2.27. The van der Waals surface area contributed by atoms with E-state index in [0.29, 0.717) is 5.69 Å². The van der Waals surface area contributed by atoms with E-state index >= 15 is 0 Å². The van der Waals surface area contributed by atoms with E-state index in [4.69, 9.17) is 11.6 Å². The summed E-state index contributed by atoms with van der Waals surface area (Å²) in [5.41, 5.74) is 2.35. The molecule has 0 unspecified atom stereocenters. The molecule has 3 rings (SSSR count). The summed E-state index contributed by atoms with van der Waals surface area (Å²) in [6, 6.07) is 19.9. The summed E-state index contributed by atoms with van der Waals surface area (Å²) in [7, 11) is 0. The first-order chi connectivity index (χ1) is 11.1. The van der Waals surface area contributed by atoms with Gasteiger partial charge in [-0.05, 0) is 17.7 Å². The first kappa shape index (κ1) is 15.1. The van der Waals surface area contributed by atoms with Gasteiger partial charge in [-0.25, -0.2) is 0 Å². The second-order valence-corrected chi connectivity index (χ2v) is 5.35. The minimum atomic E-state index is -0.418. The van der Waals surface area contributed by atoms with Gasteiger partial charge >= 0.3 is 0 Å². The quantitative estimate of drug-likeness (QED) is 0.717. The molecule has 1 amide bonds. The van der Waals surface area contributed by atoms with Gasteiger partial charge in [0.05, 0.1) is 0 Å². The molecule has 1 heterocycles. The lowest BCUT2D eigenvalue weighted by Gasteiger charge is -2.11. The molecule has 0 aliphatic heterocycles. The van der Waals surface area contributed by atoms with Gasteiger partial charge in [-0.1, -0.05) is 60.1 Å². The van der Waals surface area contributed by atoms with Gasteiger partial charge in [0.1, 0.15) is 5.15 Å². The standard InChI is InChI=1S/C18H13ClN2O2/c19-16-10-13(11-17(22)21-16)18(23)20-15-9-5-4-8-14(15)12-6-2-1-3-7-12/h1-11H,(H,20,23)(H,21,22). The molecule has 0 aliphatic carbocycles. The van der Waals surface area contributed by atoms with Crippen molar-refractivity contribution >= 4 is 23.2 Å². The fourth-order valence-corrected chi connectivity index (χ4v) is 2.51. The van der Waals surface area contributed by atoms with E-state index in [1.165, 1.54) is 12.1 Å². The van der Waals surface area contributed by atoms with Crippen LogP contribution in [0.1, 0.15) is 10.4 Å². The number of halogens is 1. The number of nitrogens with one attached hydrogen (secondary N) is 2. The number of para-hydroxylation sites is 1. The van der Waals surface area contributed by atoms with Crippen LogP contribution in [0.5, 0.6) is 0 Å². The highest BCUT2D eigenvalue weighted by molar-refractivity contribution is 6.29. The molecule has 0 aliphatic rings. The van der Waals surface area contributed by atoms with E-state index in [9.17, 15) is 9.59 Å². The number of aromatic nitrogens is 1. The van der Waals surface area contributed by atoms with Gasteiger partial charge in [0.2, 0.25) is 5.56 Å². The molecule has 0 spiro atoms. The molecule has 0 atom stereocenters. The first-order valence-corrected chi connectivity index (χ1v) is 7.37. The molecule has 2 aromatic carbocycles. The summed E-state index contributed by atoms with van der Waals surface area (Å²) in [5, 5.41) is 2.95. The molecule has 4 nitrogen and oxygen atoms in total. The highest BCUT2D eigenvalue weighted by atomic mass is 35.5. The second kappa shape index (κ2) is 6.50. The molecule has 2 N–H and O–H groups in total. The normalized spacial score (nSPS) is 10.3. The fourth-order valence-electron chi connectivity index (χ4n) is 2.30. The number of aromatic amines is 1. The third-order valence-corrected chi connectivity index (χ3v) is 3.54. The number of H-pyrrole nitrogens is 1. The third kappa shape index (κ3) is 3.49. The maximum Gasteiger partial charge on any atom is 0.255 e. The lowest BCUT2D eigenvalue weighted by atomic mass is 10.0. The SMILES string of the molecule is O=C(Nc1ccccc1-c1ccccc1)c1cc(Cl)[nH]c(=O)c1. The van der Waals surface area contributed by atoms with Crippen LogP contribution in [-0.4, -0.2) is 10.9 Å². The summed E-state index contributed by atoms with van der Waals surface area (Å²) >= 11 is 5.79. The Morgan fingerprint density at radius 3 is 2.39 bits per heavy atom. The number of pyridine rings is 1. The molecule has 114 valence electrons. The number of anilines is 1. The van der Waals surface area contributed by atoms with Gasteiger partial charge in [-0.3, -0.25) is 9.59 Å². The fraction of sp³-hybridized carbons (Fsp3) is 0. The third-order valence-electron chi connectivity index (χ3n) is 3.33. The van der Waals surface area contributed by atoms with E-state index in [-0.39, 0.29) is 16.6 Å². The van der Waals surface area contributed by atoms with Crippen LogP contribution in [0.15, 0.2) is 71.5 Å². The van der Waals surface area contributed by atoms with Crippen LogP contribution in [0.3, 0.4) is 0 Å². The molecule has 0 saturated carbocycles. The zero-order valence-corrected chi connectivity index (χ0v) is 12.8. The van der Waals surface area contributed by atoms with Crippen LogP contribution in [0, 0.1) is 0 Å². The largest absolute Gasteiger partial charge is 0.321 e. The van der Waals surface area contributed by atoms with E-state index in [1.54, 1.807) is 0 Å². The Bertz CT molecular complexity index is 904. The van der Waals surface area contributed by atoms with E-state index < -0.39 is 5.56 Å². The van der Waals surface area contributed by atoms with Crippen molar-refractivity contribution in [3.63, 3.8) is 0 Å². The molecular formula is C18H13ClN2O2. The van der Waals surface area contributed by atoms with Crippen molar-refractivity contribution in [3.05, 3.63) is 87.8 Å². The maximum atomic E-state index is 12.4. The van der Waals surface area contributed by atoms with Gasteiger partial charge in [-0.15, -0.1) is 0 Å². The lowest BCUT2D eigenvalue weighted by Crippen LogP contribution is -2.16. The van der Waals surface area contributed by atoms with Crippen LogP contribution in [0.25, 0.3) is 11.1 Å². The van der Waals surface area contributed by atoms with Crippen LogP contribution in [0.4, 0.5) is 5.69 Å². The number of benzene rings is 2. The van der Waals surface area contributed by atoms with E-state index in [1.807, 2.05) is 54.6 Å². The molecule has 0 saturated heterocycles. The Morgan fingerprint density at radius 1 is 0.957 bits per heavy atom. The summed E-state index contributed by atoms with van der Waals surface area (Å²) < 4.78 is 0. The number of carbonyl (C=O) groups excluding carboxylic acids is 1. The van der Waals surface area contributed by atoms with Gasteiger partial charge in [-0.2, -0.15) is 0 Å². The van der Waals surface area contributed by atoms with Crippen molar-refractivity contribution in [2.45, 2.75) is 0 Å². The van der Waals surface area contributed by atoms with Gasteiger partial charge < -0.3 is 10.3 Å². The zero-order valence-electron chi connectivity index (χ0n) is 12.0. The topological polar surface area (TPSA) is 62.0 Å². The molecule has 0 fully saturated rings. The van der Waals surface area contributed by atoms with Crippen molar-refractivity contribution < 1.29 is 4.79 Å². The van der Waals surface area contributed by atoms with Gasteiger partial charge in [0.25, 0.3) is 5.91 Å². The minimum absolute atomic E-state index is 0.124. The summed E-state index contributed by atoms with van der Waals surface area (Å²) in [4.78, 5) is 26.2. The maximum absolute atomic E-state index is 12.4. The number of hydrogen-bond acceptors (Lipinski definition) is 2. The molecule has 0 radical (unpaired) electrons. The van der Waals surface area contributed by atoms with Crippen LogP contribution < -0.4 is 10.9 Å². The van der Waals surface area contributed by atoms with Crippen molar-refractivity contribution in [1.82, 2.24) is 4.98 Å². The van der Waals surface area contributed by atoms with Crippen molar-refractivity contribution in [3.8, 4) is 11.1 Å². The predicted octanol–water partition coefficient (Wildman–Crippen LogP) is 3.95. The molecular weight excluding hydrogens is 312 g/mol. The minimum Gasteiger partial charge on any atom is -0.321 e. The average molecular weight is 325 g/mol. The smallest absolute Gasteiger partial charge is 0.255 e. The van der Waals surface area contributed by atoms with E-state index in [0.717, 1.165) is 11.1 Å². The first-order valence-electron chi connectivity index (χ1n) is 6.99. The van der Waals surface area contributed by atoms with Crippen LogP contribution in [0.2, 0.25) is 5.15 Å². The monoisotopic (exact) mass is 324 g/mol. The number of carbonyl (C=O) groups is 1. The number of hydrogen-bond donors (Lipinski definition) is 2. The zero-order chi connectivity index (χ0) is 16.2. The summed E-state index contributed by atoms with van der Waals surface area (Å²) in [6.07, 6.45) is 0. The van der Waals surface area contributed by atoms with Crippen LogP contribution >= 0.6 is 11.6 Å². The van der Waals surface area contributed by atoms with Gasteiger partial charge in [0.15, 0.2) is 0 Å².